The van der Waals surface area contributed by atoms with Gasteiger partial charge in [0.2, 0.25) is 10.0 Å². The Morgan fingerprint density at radius 2 is 2.05 bits per heavy atom. The Balaban J connectivity index is 2.25. The van der Waals surface area contributed by atoms with Crippen LogP contribution in [0.25, 0.3) is 0 Å². The second-order valence-electron chi connectivity index (χ2n) is 4.61. The highest BCUT2D eigenvalue weighted by Gasteiger charge is 2.31. The largest absolute Gasteiger partial charge is 0.336 e. The van der Waals surface area contributed by atoms with E-state index < -0.39 is 32.4 Å². The van der Waals surface area contributed by atoms with E-state index in [0.29, 0.717) is 19.4 Å². The lowest BCUT2D eigenvalue weighted by atomic mass is 10.1. The van der Waals surface area contributed by atoms with E-state index in [1.807, 2.05) is 4.98 Å². The van der Waals surface area contributed by atoms with E-state index in [9.17, 15) is 22.8 Å². The number of sulfonamides is 1. The van der Waals surface area contributed by atoms with Crippen molar-refractivity contribution >= 4 is 15.9 Å². The minimum absolute atomic E-state index is 0.0491. The first-order valence-corrected chi connectivity index (χ1v) is 7.53. The molecule has 9 nitrogen and oxygen atoms in total. The molecule has 1 amide bonds. The van der Waals surface area contributed by atoms with Crippen molar-refractivity contribution in [1.82, 2.24) is 14.9 Å². The lowest BCUT2D eigenvalue weighted by Crippen LogP contribution is -2.47. The standard InChI is InChI=1S/C10H14N4O5S/c11-20(18,19)6-2-1-3-14(5-6)9(16)7-4-8(15)13-10(17)12-7/h4,6H,1-3,5H2,(H2,11,18,19)(H2,12,13,15,17). The van der Waals surface area contributed by atoms with E-state index in [1.165, 1.54) is 4.90 Å². The lowest BCUT2D eigenvalue weighted by molar-refractivity contribution is 0.0720. The molecule has 1 atom stereocenters. The monoisotopic (exact) mass is 302 g/mol. The molecule has 1 unspecified atom stereocenters. The molecule has 1 aliphatic rings. The highest BCUT2D eigenvalue weighted by Crippen LogP contribution is 2.16. The Kier molecular flexibility index (Phi) is 3.77. The molecule has 0 aromatic carbocycles. The fourth-order valence-corrected chi connectivity index (χ4v) is 3.03. The van der Waals surface area contributed by atoms with E-state index in [1.54, 1.807) is 0 Å². The number of H-pyrrole nitrogens is 2. The number of nitrogens with zero attached hydrogens (tertiary/aromatic N) is 1. The summed E-state index contributed by atoms with van der Waals surface area (Å²) in [6, 6.07) is 0.963. The van der Waals surface area contributed by atoms with Crippen molar-refractivity contribution in [3.63, 3.8) is 0 Å². The van der Waals surface area contributed by atoms with E-state index in [0.717, 1.165) is 6.07 Å². The van der Waals surface area contributed by atoms with Crippen molar-refractivity contribution in [3.05, 3.63) is 32.6 Å². The van der Waals surface area contributed by atoms with Crippen molar-refractivity contribution in [1.29, 1.82) is 0 Å². The maximum absolute atomic E-state index is 12.1. The molecule has 1 fully saturated rings. The summed E-state index contributed by atoms with van der Waals surface area (Å²) in [6.07, 6.45) is 0.870. The highest BCUT2D eigenvalue weighted by atomic mass is 32.2. The Morgan fingerprint density at radius 1 is 1.35 bits per heavy atom. The van der Waals surface area contributed by atoms with Gasteiger partial charge in [0, 0.05) is 19.2 Å². The van der Waals surface area contributed by atoms with Crippen LogP contribution in [0.2, 0.25) is 0 Å². The number of nitrogens with one attached hydrogen (secondary N) is 2. The molecule has 1 aromatic rings. The number of likely N-dealkylation sites (tertiary alicyclic amines) is 1. The van der Waals surface area contributed by atoms with Gasteiger partial charge >= 0.3 is 5.69 Å². The number of primary sulfonamides is 1. The number of nitrogens with two attached hydrogens (primary N) is 1. The maximum Gasteiger partial charge on any atom is 0.326 e. The Labute approximate surface area is 113 Å². The third-order valence-electron chi connectivity index (χ3n) is 3.12. The van der Waals surface area contributed by atoms with E-state index in [2.05, 4.69) is 4.98 Å². The molecular formula is C10H14N4O5S. The molecule has 2 heterocycles. The van der Waals surface area contributed by atoms with Gasteiger partial charge in [-0.15, -0.1) is 0 Å². The smallest absolute Gasteiger partial charge is 0.326 e. The molecule has 0 radical (unpaired) electrons. The number of rotatable bonds is 2. The average molecular weight is 302 g/mol. The van der Waals surface area contributed by atoms with Crippen LogP contribution in [0.1, 0.15) is 23.3 Å². The number of aromatic nitrogens is 2. The molecule has 2 rings (SSSR count). The molecule has 0 bridgehead atoms. The first-order valence-electron chi connectivity index (χ1n) is 5.92. The quantitative estimate of drug-likeness (QED) is 0.575. The zero-order valence-electron chi connectivity index (χ0n) is 10.5. The first-order chi connectivity index (χ1) is 9.27. The third-order valence-corrected chi connectivity index (χ3v) is 4.43. The van der Waals surface area contributed by atoms with Gasteiger partial charge in [-0.25, -0.2) is 18.4 Å². The normalized spacial score (nSPS) is 19.9. The van der Waals surface area contributed by atoms with Crippen LogP contribution in [-0.2, 0) is 10.0 Å². The Hall–Kier alpha value is -1.94. The van der Waals surface area contributed by atoms with Gasteiger partial charge in [0.15, 0.2) is 0 Å². The molecule has 1 saturated heterocycles. The average Bonchev–Trinajstić information content (AvgIpc) is 2.36. The fourth-order valence-electron chi connectivity index (χ4n) is 2.15. The predicted molar refractivity (Wildman–Crippen MR) is 69.7 cm³/mol. The molecule has 1 aromatic heterocycles. The highest BCUT2D eigenvalue weighted by molar-refractivity contribution is 7.89. The molecular weight excluding hydrogens is 288 g/mol. The van der Waals surface area contributed by atoms with Gasteiger partial charge in [0.1, 0.15) is 5.69 Å². The Bertz CT molecular complexity index is 706. The Morgan fingerprint density at radius 3 is 2.65 bits per heavy atom. The molecule has 20 heavy (non-hydrogen) atoms. The fraction of sp³-hybridized carbons (Fsp3) is 0.500. The summed E-state index contributed by atoms with van der Waals surface area (Å²) in [7, 11) is -3.72. The SMILES string of the molecule is NS(=O)(=O)C1CCCN(C(=O)c2cc(=O)[nH]c(=O)[nH]2)C1. The van der Waals surface area contributed by atoms with Crippen LogP contribution in [0, 0.1) is 0 Å². The van der Waals surface area contributed by atoms with Crippen molar-refractivity contribution in [2.75, 3.05) is 13.1 Å². The summed E-state index contributed by atoms with van der Waals surface area (Å²) in [5.41, 5.74) is -1.66. The van der Waals surface area contributed by atoms with Gasteiger partial charge in [-0.1, -0.05) is 0 Å². The summed E-state index contributed by atoms with van der Waals surface area (Å²) in [6.45, 7) is 0.298. The van der Waals surface area contributed by atoms with Crippen molar-refractivity contribution in [2.45, 2.75) is 18.1 Å². The summed E-state index contributed by atoms with van der Waals surface area (Å²) < 4.78 is 22.7. The van der Waals surface area contributed by atoms with Crippen molar-refractivity contribution in [2.24, 2.45) is 5.14 Å². The van der Waals surface area contributed by atoms with Crippen LogP contribution in [0.4, 0.5) is 0 Å². The number of piperidine rings is 1. The maximum atomic E-state index is 12.1. The third kappa shape index (κ3) is 3.14. The van der Waals surface area contributed by atoms with Crippen LogP contribution < -0.4 is 16.4 Å². The molecule has 110 valence electrons. The summed E-state index contributed by atoms with van der Waals surface area (Å²) in [5, 5.41) is 4.26. The summed E-state index contributed by atoms with van der Waals surface area (Å²) >= 11 is 0. The second-order valence-corrected chi connectivity index (χ2v) is 6.45. The minimum Gasteiger partial charge on any atom is -0.336 e. The summed E-state index contributed by atoms with van der Waals surface area (Å²) in [4.78, 5) is 39.9. The van der Waals surface area contributed by atoms with Gasteiger partial charge in [-0.05, 0) is 12.8 Å². The lowest BCUT2D eigenvalue weighted by Gasteiger charge is -2.31. The molecule has 0 saturated carbocycles. The van der Waals surface area contributed by atoms with E-state index >= 15 is 0 Å². The topological polar surface area (TPSA) is 146 Å². The van der Waals surface area contributed by atoms with Crippen LogP contribution in [0.5, 0.6) is 0 Å². The number of carbonyl (C=O) groups is 1. The number of hydrogen-bond donors (Lipinski definition) is 3. The van der Waals surface area contributed by atoms with Gasteiger partial charge in [-0.3, -0.25) is 14.6 Å². The van der Waals surface area contributed by atoms with Gasteiger partial charge in [0.25, 0.3) is 11.5 Å². The molecule has 4 N–H and O–H groups in total. The molecule has 1 aliphatic heterocycles. The number of amides is 1. The number of hydrogen-bond acceptors (Lipinski definition) is 5. The van der Waals surface area contributed by atoms with Crippen molar-refractivity contribution < 1.29 is 13.2 Å². The van der Waals surface area contributed by atoms with E-state index in [4.69, 9.17) is 5.14 Å². The second kappa shape index (κ2) is 5.21. The van der Waals surface area contributed by atoms with Crippen LogP contribution in [0.3, 0.4) is 0 Å². The van der Waals surface area contributed by atoms with Crippen LogP contribution in [-0.4, -0.2) is 47.5 Å². The van der Waals surface area contributed by atoms with Gasteiger partial charge in [0.05, 0.1) is 5.25 Å². The van der Waals surface area contributed by atoms with Crippen molar-refractivity contribution in [3.8, 4) is 0 Å². The molecule has 0 aliphatic carbocycles. The molecule has 10 heteroatoms. The van der Waals surface area contributed by atoms with Crippen LogP contribution in [0.15, 0.2) is 15.7 Å². The first kappa shape index (κ1) is 14.5. The summed E-state index contributed by atoms with van der Waals surface area (Å²) in [5.74, 6) is -0.596. The van der Waals surface area contributed by atoms with E-state index in [-0.39, 0.29) is 12.2 Å². The van der Waals surface area contributed by atoms with Crippen LogP contribution >= 0.6 is 0 Å². The van der Waals surface area contributed by atoms with Gasteiger partial charge < -0.3 is 9.88 Å². The number of carbonyl (C=O) groups excluding carboxylic acids is 1. The zero-order valence-corrected chi connectivity index (χ0v) is 11.3. The molecule has 0 spiro atoms. The number of aromatic amines is 2. The van der Waals surface area contributed by atoms with Gasteiger partial charge in [-0.2, -0.15) is 0 Å². The predicted octanol–water partition coefficient (Wildman–Crippen LogP) is -2.04. The zero-order chi connectivity index (χ0) is 14.9. The minimum atomic E-state index is -3.72.